The van der Waals surface area contributed by atoms with Crippen LogP contribution in [0.1, 0.15) is 50.5 Å². The summed E-state index contributed by atoms with van der Waals surface area (Å²) in [5.41, 5.74) is 0.195. The summed E-state index contributed by atoms with van der Waals surface area (Å²) in [5.74, 6) is -0.0965. The number of hydrogen-bond acceptors (Lipinski definition) is 3. The minimum Gasteiger partial charge on any atom is -0.338 e. The fourth-order valence-electron chi connectivity index (χ4n) is 1.85. The lowest BCUT2D eigenvalue weighted by molar-refractivity contribution is 0.0753. The van der Waals surface area contributed by atoms with Crippen LogP contribution < -0.4 is 5.56 Å². The van der Waals surface area contributed by atoms with E-state index in [1.807, 2.05) is 13.8 Å². The van der Waals surface area contributed by atoms with Gasteiger partial charge in [0.2, 0.25) is 0 Å². The van der Waals surface area contributed by atoms with Gasteiger partial charge in [-0.2, -0.15) is 5.10 Å². The molecule has 1 amide bonds. The third kappa shape index (κ3) is 4.19. The Morgan fingerprint density at radius 1 is 1.26 bits per heavy atom. The number of unbranched alkanes of at least 4 members (excludes halogenated alkanes) is 1. The smallest absolute Gasteiger partial charge is 0.274 e. The molecule has 0 unspecified atom stereocenters. The zero-order valence-corrected chi connectivity index (χ0v) is 12.1. The molecule has 5 nitrogen and oxygen atoms in total. The molecule has 0 aliphatic rings. The summed E-state index contributed by atoms with van der Waals surface area (Å²) in [6, 6.07) is 2.94. The zero-order valence-electron chi connectivity index (χ0n) is 12.1. The Hall–Kier alpha value is -1.65. The molecular formula is C14H23N3O2. The average Bonchev–Trinajstić information content (AvgIpc) is 2.42. The normalized spacial score (nSPS) is 10.5. The molecule has 0 aromatic carbocycles. The molecule has 1 aromatic heterocycles. The summed E-state index contributed by atoms with van der Waals surface area (Å²) in [6.07, 6.45) is 2.85. The van der Waals surface area contributed by atoms with Crippen LogP contribution in [0.5, 0.6) is 0 Å². The Bertz CT molecular complexity index is 468. The summed E-state index contributed by atoms with van der Waals surface area (Å²) in [5, 5.41) is 4.15. The van der Waals surface area contributed by atoms with Crippen LogP contribution in [0, 0.1) is 0 Å². The largest absolute Gasteiger partial charge is 0.338 e. The number of hydrogen-bond donors (Lipinski definition) is 0. The van der Waals surface area contributed by atoms with E-state index in [1.54, 1.807) is 4.90 Å². The van der Waals surface area contributed by atoms with Gasteiger partial charge in [-0.05, 0) is 25.8 Å². The quantitative estimate of drug-likeness (QED) is 0.756. The van der Waals surface area contributed by atoms with Gasteiger partial charge in [0.1, 0.15) is 5.69 Å². The van der Waals surface area contributed by atoms with Crippen molar-refractivity contribution in [2.24, 2.45) is 0 Å². The van der Waals surface area contributed by atoms with Gasteiger partial charge in [0.15, 0.2) is 0 Å². The van der Waals surface area contributed by atoms with Gasteiger partial charge in [0.25, 0.3) is 11.5 Å². The van der Waals surface area contributed by atoms with Gasteiger partial charge in [-0.15, -0.1) is 0 Å². The SMILES string of the molecule is CCCCN(CC)C(=O)c1ccc(=O)n(CCC)n1. The second-order valence-electron chi connectivity index (χ2n) is 4.52. The van der Waals surface area contributed by atoms with E-state index >= 15 is 0 Å². The molecule has 0 aliphatic carbocycles. The van der Waals surface area contributed by atoms with Crippen LogP contribution in [-0.2, 0) is 6.54 Å². The molecule has 0 saturated carbocycles. The molecule has 1 heterocycles. The van der Waals surface area contributed by atoms with E-state index in [9.17, 15) is 9.59 Å². The number of nitrogens with zero attached hydrogens (tertiary/aromatic N) is 3. The third-order valence-electron chi connectivity index (χ3n) is 2.97. The first kappa shape index (κ1) is 15.4. The Kier molecular flexibility index (Phi) is 6.25. The first-order valence-corrected chi connectivity index (χ1v) is 7.01. The third-order valence-corrected chi connectivity index (χ3v) is 2.97. The van der Waals surface area contributed by atoms with Crippen LogP contribution >= 0.6 is 0 Å². The molecule has 0 aliphatic heterocycles. The summed E-state index contributed by atoms with van der Waals surface area (Å²) in [6.45, 7) is 7.96. The van der Waals surface area contributed by atoms with Crippen molar-refractivity contribution in [1.29, 1.82) is 0 Å². The molecule has 0 bridgehead atoms. The van der Waals surface area contributed by atoms with Crippen LogP contribution in [0.15, 0.2) is 16.9 Å². The predicted octanol–water partition coefficient (Wildman–Crippen LogP) is 1.92. The van der Waals surface area contributed by atoms with Crippen LogP contribution in [0.25, 0.3) is 0 Å². The van der Waals surface area contributed by atoms with E-state index in [4.69, 9.17) is 0 Å². The lowest BCUT2D eigenvalue weighted by Crippen LogP contribution is -2.34. The van der Waals surface area contributed by atoms with Crippen molar-refractivity contribution in [2.45, 2.75) is 46.6 Å². The van der Waals surface area contributed by atoms with E-state index < -0.39 is 0 Å². The fourth-order valence-corrected chi connectivity index (χ4v) is 1.85. The second kappa shape index (κ2) is 7.71. The number of amides is 1. The molecule has 5 heteroatoms. The fraction of sp³-hybridized carbons (Fsp3) is 0.643. The first-order chi connectivity index (χ1) is 9.13. The molecule has 0 fully saturated rings. The molecule has 1 rings (SSSR count). The predicted molar refractivity (Wildman–Crippen MR) is 75.3 cm³/mol. The molecule has 0 radical (unpaired) electrons. The highest BCUT2D eigenvalue weighted by Gasteiger charge is 2.16. The molecule has 0 saturated heterocycles. The Morgan fingerprint density at radius 3 is 2.58 bits per heavy atom. The van der Waals surface area contributed by atoms with E-state index in [0.717, 1.165) is 25.8 Å². The maximum Gasteiger partial charge on any atom is 0.274 e. The molecule has 1 aromatic rings. The number of rotatable bonds is 7. The maximum atomic E-state index is 12.3. The van der Waals surface area contributed by atoms with E-state index in [2.05, 4.69) is 12.0 Å². The lowest BCUT2D eigenvalue weighted by atomic mass is 10.2. The highest BCUT2D eigenvalue weighted by atomic mass is 16.2. The average molecular weight is 265 g/mol. The molecule has 0 N–H and O–H groups in total. The van der Waals surface area contributed by atoms with Gasteiger partial charge in [-0.3, -0.25) is 9.59 Å². The van der Waals surface area contributed by atoms with E-state index in [1.165, 1.54) is 16.8 Å². The highest BCUT2D eigenvalue weighted by Crippen LogP contribution is 2.02. The van der Waals surface area contributed by atoms with E-state index in [0.29, 0.717) is 18.8 Å². The monoisotopic (exact) mass is 265 g/mol. The summed E-state index contributed by atoms with van der Waals surface area (Å²) in [7, 11) is 0. The van der Waals surface area contributed by atoms with Gasteiger partial charge in [0, 0.05) is 25.7 Å². The molecule has 106 valence electrons. The number of carbonyl (C=O) groups is 1. The van der Waals surface area contributed by atoms with Gasteiger partial charge in [-0.1, -0.05) is 20.3 Å². The van der Waals surface area contributed by atoms with Crippen molar-refractivity contribution < 1.29 is 4.79 Å². The summed E-state index contributed by atoms with van der Waals surface area (Å²) in [4.78, 5) is 25.6. The van der Waals surface area contributed by atoms with Crippen molar-refractivity contribution in [3.05, 3.63) is 28.2 Å². The van der Waals surface area contributed by atoms with Crippen molar-refractivity contribution in [2.75, 3.05) is 13.1 Å². The highest BCUT2D eigenvalue weighted by molar-refractivity contribution is 5.92. The minimum absolute atomic E-state index is 0.0965. The first-order valence-electron chi connectivity index (χ1n) is 7.01. The Labute approximate surface area is 114 Å². The molecule has 0 spiro atoms. The van der Waals surface area contributed by atoms with Gasteiger partial charge in [-0.25, -0.2) is 4.68 Å². The van der Waals surface area contributed by atoms with Crippen LogP contribution in [0.2, 0.25) is 0 Å². The van der Waals surface area contributed by atoms with Crippen LogP contribution in [-0.4, -0.2) is 33.7 Å². The zero-order chi connectivity index (χ0) is 14.3. The number of aryl methyl sites for hydroxylation is 1. The van der Waals surface area contributed by atoms with E-state index in [-0.39, 0.29) is 11.5 Å². The standard InChI is InChI=1S/C14H23N3O2/c1-4-7-11-16(6-3)14(19)12-8-9-13(18)17(15-12)10-5-2/h8-9H,4-7,10-11H2,1-3H3. The lowest BCUT2D eigenvalue weighted by Gasteiger charge is -2.20. The number of aromatic nitrogens is 2. The van der Waals surface area contributed by atoms with Crippen molar-refractivity contribution >= 4 is 5.91 Å². The summed E-state index contributed by atoms with van der Waals surface area (Å²) >= 11 is 0. The van der Waals surface area contributed by atoms with Crippen LogP contribution in [0.4, 0.5) is 0 Å². The van der Waals surface area contributed by atoms with Crippen molar-refractivity contribution in [1.82, 2.24) is 14.7 Å². The maximum absolute atomic E-state index is 12.3. The van der Waals surface area contributed by atoms with Crippen molar-refractivity contribution in [3.63, 3.8) is 0 Å². The van der Waals surface area contributed by atoms with Gasteiger partial charge >= 0.3 is 0 Å². The second-order valence-corrected chi connectivity index (χ2v) is 4.52. The van der Waals surface area contributed by atoms with Gasteiger partial charge < -0.3 is 4.90 Å². The topological polar surface area (TPSA) is 55.2 Å². The Morgan fingerprint density at radius 2 is 2.00 bits per heavy atom. The molecular weight excluding hydrogens is 242 g/mol. The number of carbonyl (C=O) groups excluding carboxylic acids is 1. The minimum atomic E-state index is -0.157. The molecule has 19 heavy (non-hydrogen) atoms. The van der Waals surface area contributed by atoms with Crippen LogP contribution in [0.3, 0.4) is 0 Å². The summed E-state index contributed by atoms with van der Waals surface area (Å²) < 4.78 is 1.36. The van der Waals surface area contributed by atoms with Gasteiger partial charge in [0.05, 0.1) is 0 Å². The van der Waals surface area contributed by atoms with Crippen molar-refractivity contribution in [3.8, 4) is 0 Å². The molecule has 0 atom stereocenters. The Balaban J connectivity index is 2.91.